The Labute approximate surface area is 171 Å². The van der Waals surface area contributed by atoms with Gasteiger partial charge in [-0.3, -0.25) is 15.0 Å². The molecule has 2 heterocycles. The van der Waals surface area contributed by atoms with Crippen LogP contribution >= 0.6 is 0 Å². The molecule has 0 aliphatic carbocycles. The summed E-state index contributed by atoms with van der Waals surface area (Å²) in [4.78, 5) is 34.9. The van der Waals surface area contributed by atoms with E-state index >= 15 is 0 Å². The third kappa shape index (κ3) is 3.10. The molecule has 0 aliphatic rings. The highest BCUT2D eigenvalue weighted by Crippen LogP contribution is 2.24. The Balaban J connectivity index is 1.61. The summed E-state index contributed by atoms with van der Waals surface area (Å²) in [6, 6.07) is 25.8. The molecular formula is C24H16N4O2. The molecule has 5 rings (SSSR count). The zero-order valence-corrected chi connectivity index (χ0v) is 15.8. The third-order valence-electron chi connectivity index (χ3n) is 4.92. The Bertz CT molecular complexity index is 1460. The lowest BCUT2D eigenvalue weighted by Gasteiger charge is -2.12. The number of pyridine rings is 1. The van der Waals surface area contributed by atoms with Gasteiger partial charge in [0.05, 0.1) is 27.7 Å². The van der Waals surface area contributed by atoms with Gasteiger partial charge in [0, 0.05) is 10.9 Å². The Morgan fingerprint density at radius 2 is 1.47 bits per heavy atom. The average molecular weight is 392 g/mol. The third-order valence-corrected chi connectivity index (χ3v) is 4.92. The molecule has 144 valence electrons. The summed E-state index contributed by atoms with van der Waals surface area (Å²) in [6.07, 6.45) is 1.32. The molecular weight excluding hydrogens is 376 g/mol. The topological polar surface area (TPSA) is 76.9 Å². The first-order chi connectivity index (χ1) is 14.7. The Morgan fingerprint density at radius 3 is 2.27 bits per heavy atom. The molecule has 2 aromatic heterocycles. The van der Waals surface area contributed by atoms with Crippen molar-refractivity contribution in [2.45, 2.75) is 0 Å². The number of carbonyl (C=O) groups is 1. The lowest BCUT2D eigenvalue weighted by molar-refractivity contribution is 0.101. The highest BCUT2D eigenvalue weighted by molar-refractivity contribution is 6.10. The van der Waals surface area contributed by atoms with Gasteiger partial charge in [0.2, 0.25) is 0 Å². The molecule has 1 amide bonds. The van der Waals surface area contributed by atoms with E-state index in [-0.39, 0.29) is 5.56 Å². The van der Waals surface area contributed by atoms with Crippen LogP contribution in [-0.4, -0.2) is 20.6 Å². The van der Waals surface area contributed by atoms with Crippen molar-refractivity contribution in [1.29, 1.82) is 0 Å². The Kier molecular flexibility index (Phi) is 4.29. The van der Waals surface area contributed by atoms with E-state index in [0.717, 1.165) is 10.2 Å². The molecule has 0 spiro atoms. The van der Waals surface area contributed by atoms with Gasteiger partial charge in [-0.2, -0.15) is 0 Å². The van der Waals surface area contributed by atoms with Crippen LogP contribution in [0.5, 0.6) is 0 Å². The smallest absolute Gasteiger partial charge is 0.267 e. The minimum absolute atomic E-state index is 0.337. The van der Waals surface area contributed by atoms with Gasteiger partial charge in [-0.05, 0) is 24.3 Å². The summed E-state index contributed by atoms with van der Waals surface area (Å²) in [5.74, 6) is -0.412. The fraction of sp³-hybridized carbons (Fsp3) is 0. The number of nitrogens with zero attached hydrogens (tertiary/aromatic N) is 3. The van der Waals surface area contributed by atoms with Gasteiger partial charge in [0.1, 0.15) is 6.33 Å². The number of hydrogen-bond acceptors (Lipinski definition) is 4. The minimum Gasteiger partial charge on any atom is -0.267 e. The Morgan fingerprint density at radius 1 is 0.800 bits per heavy atom. The van der Waals surface area contributed by atoms with Crippen molar-refractivity contribution >= 4 is 27.7 Å². The molecule has 0 fully saturated rings. The van der Waals surface area contributed by atoms with Crippen LogP contribution in [0.4, 0.5) is 0 Å². The summed E-state index contributed by atoms with van der Waals surface area (Å²) in [7, 11) is 0. The highest BCUT2D eigenvalue weighted by Gasteiger charge is 2.15. The molecule has 0 atom stereocenters. The van der Waals surface area contributed by atoms with E-state index in [4.69, 9.17) is 4.98 Å². The predicted molar refractivity (Wildman–Crippen MR) is 117 cm³/mol. The van der Waals surface area contributed by atoms with Crippen LogP contribution < -0.4 is 11.0 Å². The van der Waals surface area contributed by atoms with Crippen LogP contribution in [-0.2, 0) is 0 Å². The maximum atomic E-state index is 13.2. The van der Waals surface area contributed by atoms with Crippen molar-refractivity contribution in [3.8, 4) is 11.3 Å². The van der Waals surface area contributed by atoms with Gasteiger partial charge < -0.3 is 0 Å². The summed E-state index contributed by atoms with van der Waals surface area (Å²) in [5.41, 5.74) is 5.62. The van der Waals surface area contributed by atoms with E-state index in [1.165, 1.54) is 6.33 Å². The monoisotopic (exact) mass is 392 g/mol. The number of aromatic nitrogens is 3. The molecule has 0 aliphatic heterocycles. The number of nitrogens with one attached hydrogen (secondary N) is 1. The van der Waals surface area contributed by atoms with Crippen LogP contribution in [0.3, 0.4) is 0 Å². The van der Waals surface area contributed by atoms with E-state index in [2.05, 4.69) is 10.4 Å². The average Bonchev–Trinajstić information content (AvgIpc) is 2.81. The van der Waals surface area contributed by atoms with Crippen LogP contribution in [0.1, 0.15) is 10.4 Å². The maximum Gasteiger partial charge on any atom is 0.280 e. The van der Waals surface area contributed by atoms with Gasteiger partial charge in [-0.25, -0.2) is 14.6 Å². The van der Waals surface area contributed by atoms with E-state index < -0.39 is 5.91 Å². The standard InChI is InChI=1S/C24H16N4O2/c29-23(27-28-15-25-20-12-6-5-11-18(20)24(28)30)19-14-22(16-8-2-1-3-9-16)26-21-13-7-4-10-17(19)21/h1-15H,(H,27,29). The number of para-hydroxylation sites is 2. The molecule has 6 nitrogen and oxygen atoms in total. The second kappa shape index (κ2) is 7.25. The summed E-state index contributed by atoms with van der Waals surface area (Å²) in [6.45, 7) is 0. The second-order valence-corrected chi connectivity index (χ2v) is 6.82. The van der Waals surface area contributed by atoms with Crippen molar-refractivity contribution in [2.75, 3.05) is 5.43 Å². The fourth-order valence-corrected chi connectivity index (χ4v) is 3.44. The van der Waals surface area contributed by atoms with E-state index in [1.807, 2.05) is 60.7 Å². The normalized spacial score (nSPS) is 10.9. The van der Waals surface area contributed by atoms with E-state index in [1.54, 1.807) is 24.3 Å². The van der Waals surface area contributed by atoms with Crippen molar-refractivity contribution in [3.63, 3.8) is 0 Å². The molecule has 6 heteroatoms. The van der Waals surface area contributed by atoms with Crippen LogP contribution in [0.25, 0.3) is 33.1 Å². The number of fused-ring (bicyclic) bond motifs is 2. The van der Waals surface area contributed by atoms with Crippen LogP contribution in [0.15, 0.2) is 96.1 Å². The maximum absolute atomic E-state index is 13.2. The first-order valence-corrected chi connectivity index (χ1v) is 9.44. The van der Waals surface area contributed by atoms with Gasteiger partial charge in [0.25, 0.3) is 11.5 Å². The van der Waals surface area contributed by atoms with E-state index in [0.29, 0.717) is 33.1 Å². The number of carbonyl (C=O) groups excluding carboxylic acids is 1. The molecule has 30 heavy (non-hydrogen) atoms. The van der Waals surface area contributed by atoms with Gasteiger partial charge in [0.15, 0.2) is 0 Å². The second-order valence-electron chi connectivity index (χ2n) is 6.82. The molecule has 5 aromatic rings. The summed E-state index contributed by atoms with van der Waals surface area (Å²) >= 11 is 0. The molecule has 1 N–H and O–H groups in total. The summed E-state index contributed by atoms with van der Waals surface area (Å²) in [5, 5.41) is 1.14. The summed E-state index contributed by atoms with van der Waals surface area (Å²) < 4.78 is 1.11. The molecule has 3 aromatic carbocycles. The fourth-order valence-electron chi connectivity index (χ4n) is 3.44. The SMILES string of the molecule is O=C(Nn1cnc2ccccc2c1=O)c1cc(-c2ccccc2)nc2ccccc12. The van der Waals surface area contributed by atoms with Gasteiger partial charge in [-0.15, -0.1) is 0 Å². The molecule has 0 saturated carbocycles. The molecule has 0 radical (unpaired) electrons. The van der Waals surface area contributed by atoms with Gasteiger partial charge >= 0.3 is 0 Å². The lowest BCUT2D eigenvalue weighted by Crippen LogP contribution is -2.33. The van der Waals surface area contributed by atoms with Gasteiger partial charge in [-0.1, -0.05) is 60.7 Å². The molecule has 0 unspecified atom stereocenters. The van der Waals surface area contributed by atoms with Crippen LogP contribution in [0.2, 0.25) is 0 Å². The van der Waals surface area contributed by atoms with E-state index in [9.17, 15) is 9.59 Å². The highest BCUT2D eigenvalue weighted by atomic mass is 16.2. The van der Waals surface area contributed by atoms with Crippen molar-refractivity contribution in [2.24, 2.45) is 0 Å². The minimum atomic E-state index is -0.412. The quantitative estimate of drug-likeness (QED) is 0.504. The zero-order valence-electron chi connectivity index (χ0n) is 15.8. The molecule has 0 saturated heterocycles. The first-order valence-electron chi connectivity index (χ1n) is 9.44. The lowest BCUT2D eigenvalue weighted by atomic mass is 10.0. The zero-order chi connectivity index (χ0) is 20.5. The van der Waals surface area contributed by atoms with Crippen molar-refractivity contribution in [3.05, 3.63) is 107 Å². The van der Waals surface area contributed by atoms with Crippen molar-refractivity contribution in [1.82, 2.24) is 14.6 Å². The number of hydrogen-bond donors (Lipinski definition) is 1. The Hall–Kier alpha value is -4.32. The number of rotatable bonds is 3. The molecule has 0 bridgehead atoms. The largest absolute Gasteiger partial charge is 0.280 e. The first kappa shape index (κ1) is 17.8. The van der Waals surface area contributed by atoms with Crippen molar-refractivity contribution < 1.29 is 4.79 Å². The van der Waals surface area contributed by atoms with Crippen LogP contribution in [0, 0.1) is 0 Å². The number of amides is 1. The predicted octanol–water partition coefficient (Wildman–Crippen LogP) is 4.00. The number of benzene rings is 3.